The van der Waals surface area contributed by atoms with Crippen LogP contribution in [0.5, 0.6) is 0 Å². The van der Waals surface area contributed by atoms with Crippen molar-refractivity contribution < 1.29 is 14.3 Å². The average molecular weight is 290 g/mol. The molecule has 0 fully saturated rings. The molecule has 0 saturated heterocycles. The minimum atomic E-state index is -0.508. The fourth-order valence-corrected chi connectivity index (χ4v) is 2.45. The number of amides is 2. The molecule has 5 nitrogen and oxygen atoms in total. The number of hydrogen-bond donors (Lipinski definition) is 1. The van der Waals surface area contributed by atoms with E-state index < -0.39 is 6.04 Å². The van der Waals surface area contributed by atoms with Crippen LogP contribution in [0.1, 0.15) is 31.1 Å². The second-order valence-corrected chi connectivity index (χ2v) is 5.40. The van der Waals surface area contributed by atoms with Crippen LogP contribution < -0.4 is 10.2 Å². The Morgan fingerprint density at radius 1 is 1.29 bits per heavy atom. The third-order valence-electron chi connectivity index (χ3n) is 3.59. The topological polar surface area (TPSA) is 58.6 Å². The second-order valence-electron chi connectivity index (χ2n) is 5.40. The highest BCUT2D eigenvalue weighted by atomic mass is 16.5. The van der Waals surface area contributed by atoms with Crippen molar-refractivity contribution >= 4 is 17.5 Å². The molecule has 5 heteroatoms. The van der Waals surface area contributed by atoms with E-state index in [9.17, 15) is 9.59 Å². The van der Waals surface area contributed by atoms with Gasteiger partial charge in [-0.3, -0.25) is 9.59 Å². The van der Waals surface area contributed by atoms with Gasteiger partial charge in [-0.05, 0) is 25.0 Å². The normalized spacial score (nSPS) is 18.5. The van der Waals surface area contributed by atoms with Crippen molar-refractivity contribution in [2.75, 3.05) is 24.7 Å². The first-order chi connectivity index (χ1) is 10.1. The number of carbonyl (C=O) groups excluding carboxylic acids is 2. The molecule has 0 bridgehead atoms. The number of nitrogens with one attached hydrogen (secondary N) is 1. The van der Waals surface area contributed by atoms with E-state index in [-0.39, 0.29) is 17.7 Å². The average Bonchev–Trinajstić information content (AvgIpc) is 2.57. The third kappa shape index (κ3) is 3.24. The number of hydrogen-bond acceptors (Lipinski definition) is 3. The third-order valence-corrected chi connectivity index (χ3v) is 3.59. The van der Waals surface area contributed by atoms with E-state index in [2.05, 4.69) is 5.32 Å². The number of ether oxygens (including phenoxy) is 1. The molecule has 114 valence electrons. The van der Waals surface area contributed by atoms with Crippen LogP contribution in [0.2, 0.25) is 0 Å². The summed E-state index contributed by atoms with van der Waals surface area (Å²) in [7, 11) is 0. The molecule has 0 aromatic heterocycles. The van der Waals surface area contributed by atoms with Crippen LogP contribution >= 0.6 is 0 Å². The Balaban J connectivity index is 2.38. The van der Waals surface area contributed by atoms with Crippen molar-refractivity contribution in [2.24, 2.45) is 5.92 Å². The van der Waals surface area contributed by atoms with Gasteiger partial charge in [0, 0.05) is 13.2 Å². The molecule has 1 atom stereocenters. The van der Waals surface area contributed by atoms with Gasteiger partial charge in [0.05, 0.1) is 17.9 Å². The molecule has 1 N–H and O–H groups in total. The van der Waals surface area contributed by atoms with E-state index in [1.807, 2.05) is 32.9 Å². The molecule has 1 aliphatic rings. The zero-order chi connectivity index (χ0) is 15.4. The first kappa shape index (κ1) is 15.5. The van der Waals surface area contributed by atoms with E-state index in [1.165, 1.54) is 0 Å². The number of nitrogens with zero attached hydrogens (tertiary/aromatic N) is 1. The summed E-state index contributed by atoms with van der Waals surface area (Å²) in [4.78, 5) is 26.7. The monoisotopic (exact) mass is 290 g/mol. The van der Waals surface area contributed by atoms with Crippen LogP contribution in [0.15, 0.2) is 24.3 Å². The van der Waals surface area contributed by atoms with Gasteiger partial charge in [0.15, 0.2) is 0 Å². The van der Waals surface area contributed by atoms with Gasteiger partial charge in [0.1, 0.15) is 6.04 Å². The van der Waals surface area contributed by atoms with E-state index >= 15 is 0 Å². The molecule has 0 aliphatic carbocycles. The van der Waals surface area contributed by atoms with Crippen LogP contribution in [0.25, 0.3) is 0 Å². The van der Waals surface area contributed by atoms with Gasteiger partial charge >= 0.3 is 0 Å². The highest BCUT2D eigenvalue weighted by molar-refractivity contribution is 6.11. The van der Waals surface area contributed by atoms with Crippen molar-refractivity contribution in [1.29, 1.82) is 0 Å². The van der Waals surface area contributed by atoms with Crippen LogP contribution in [0.4, 0.5) is 5.69 Å². The number of para-hydroxylation sites is 1. The van der Waals surface area contributed by atoms with E-state index in [0.29, 0.717) is 31.0 Å². The van der Waals surface area contributed by atoms with E-state index in [4.69, 9.17) is 4.74 Å². The summed E-state index contributed by atoms with van der Waals surface area (Å²) in [5.74, 6) is -0.245. The number of anilines is 1. The quantitative estimate of drug-likeness (QED) is 0.842. The Morgan fingerprint density at radius 3 is 2.67 bits per heavy atom. The fourth-order valence-electron chi connectivity index (χ4n) is 2.45. The highest BCUT2D eigenvalue weighted by Crippen LogP contribution is 2.25. The molecule has 1 aromatic carbocycles. The lowest BCUT2D eigenvalue weighted by atomic mass is 10.0. The smallest absolute Gasteiger partial charge is 0.254 e. The van der Waals surface area contributed by atoms with E-state index in [0.717, 1.165) is 0 Å². The molecule has 1 aliphatic heterocycles. The maximum absolute atomic E-state index is 12.7. The van der Waals surface area contributed by atoms with Gasteiger partial charge < -0.3 is 15.0 Å². The summed E-state index contributed by atoms with van der Waals surface area (Å²) in [5, 5.41) is 2.83. The summed E-state index contributed by atoms with van der Waals surface area (Å²) in [6.45, 7) is 7.28. The van der Waals surface area contributed by atoms with Gasteiger partial charge in [0.25, 0.3) is 5.91 Å². The van der Waals surface area contributed by atoms with Gasteiger partial charge in [-0.15, -0.1) is 0 Å². The van der Waals surface area contributed by atoms with Gasteiger partial charge in [-0.2, -0.15) is 0 Å². The highest BCUT2D eigenvalue weighted by Gasteiger charge is 2.34. The number of rotatable bonds is 5. The number of fused-ring (bicyclic) bond motifs is 1. The Hall–Kier alpha value is -1.88. The lowest BCUT2D eigenvalue weighted by Gasteiger charge is -2.26. The number of benzene rings is 1. The SMILES string of the molecule is CCOCCN1C(=O)C(C(C)C)NC(=O)c2ccccc21. The predicted octanol–water partition coefficient (Wildman–Crippen LogP) is 1.82. The van der Waals surface area contributed by atoms with Crippen LogP contribution in [0, 0.1) is 5.92 Å². The predicted molar refractivity (Wildman–Crippen MR) is 81.4 cm³/mol. The van der Waals surface area contributed by atoms with Gasteiger partial charge in [-0.1, -0.05) is 26.0 Å². The Bertz CT molecular complexity index is 528. The summed E-state index contributed by atoms with van der Waals surface area (Å²) in [6.07, 6.45) is 0. The molecule has 1 aromatic rings. The molecular formula is C16H22N2O3. The lowest BCUT2D eigenvalue weighted by molar-refractivity contribution is -0.121. The summed E-state index contributed by atoms with van der Waals surface area (Å²) < 4.78 is 5.36. The lowest BCUT2D eigenvalue weighted by Crippen LogP contribution is -2.49. The van der Waals surface area contributed by atoms with E-state index in [1.54, 1.807) is 17.0 Å². The molecule has 2 amide bonds. The molecule has 21 heavy (non-hydrogen) atoms. The Labute approximate surface area is 125 Å². The first-order valence-electron chi connectivity index (χ1n) is 7.35. The summed E-state index contributed by atoms with van der Waals surface area (Å²) in [6, 6.07) is 6.68. The summed E-state index contributed by atoms with van der Waals surface area (Å²) in [5.41, 5.74) is 1.19. The van der Waals surface area contributed by atoms with Crippen molar-refractivity contribution in [3.05, 3.63) is 29.8 Å². The second kappa shape index (κ2) is 6.72. The van der Waals surface area contributed by atoms with Crippen LogP contribution in [-0.4, -0.2) is 37.6 Å². The maximum atomic E-state index is 12.7. The maximum Gasteiger partial charge on any atom is 0.254 e. The Morgan fingerprint density at radius 2 is 2.00 bits per heavy atom. The molecule has 2 rings (SSSR count). The van der Waals surface area contributed by atoms with Crippen molar-refractivity contribution in [1.82, 2.24) is 5.32 Å². The van der Waals surface area contributed by atoms with Crippen molar-refractivity contribution in [3.8, 4) is 0 Å². The largest absolute Gasteiger partial charge is 0.380 e. The van der Waals surface area contributed by atoms with Gasteiger partial charge in [0.2, 0.25) is 5.91 Å². The van der Waals surface area contributed by atoms with Gasteiger partial charge in [-0.25, -0.2) is 0 Å². The fraction of sp³-hybridized carbons (Fsp3) is 0.500. The zero-order valence-corrected chi connectivity index (χ0v) is 12.8. The minimum absolute atomic E-state index is 0.0327. The molecule has 0 spiro atoms. The van der Waals surface area contributed by atoms with Crippen LogP contribution in [0.3, 0.4) is 0 Å². The summed E-state index contributed by atoms with van der Waals surface area (Å²) >= 11 is 0. The van der Waals surface area contributed by atoms with Crippen molar-refractivity contribution in [3.63, 3.8) is 0 Å². The molecule has 1 heterocycles. The molecule has 1 unspecified atom stereocenters. The molecule has 0 saturated carbocycles. The standard InChI is InChI=1S/C16H22N2O3/c1-4-21-10-9-18-13-8-6-5-7-12(13)15(19)17-14(11(2)3)16(18)20/h5-8,11,14H,4,9-10H2,1-3H3,(H,17,19). The first-order valence-corrected chi connectivity index (χ1v) is 7.35. The minimum Gasteiger partial charge on any atom is -0.380 e. The zero-order valence-electron chi connectivity index (χ0n) is 12.8. The number of carbonyl (C=O) groups is 2. The van der Waals surface area contributed by atoms with Crippen LogP contribution in [-0.2, 0) is 9.53 Å². The molecule has 0 radical (unpaired) electrons. The Kier molecular flexibility index (Phi) is 4.96. The molecular weight excluding hydrogens is 268 g/mol. The van der Waals surface area contributed by atoms with Crippen molar-refractivity contribution in [2.45, 2.75) is 26.8 Å².